The summed E-state index contributed by atoms with van der Waals surface area (Å²) in [6, 6.07) is 7.34. The quantitative estimate of drug-likeness (QED) is 0.459. The van der Waals surface area contributed by atoms with Gasteiger partial charge in [0.2, 0.25) is 0 Å². The van der Waals surface area contributed by atoms with Crippen LogP contribution in [0.2, 0.25) is 0 Å². The number of aromatic nitrogens is 5. The summed E-state index contributed by atoms with van der Waals surface area (Å²) < 4.78 is 29.0. The number of nitrogens with zero attached hydrogens (tertiary/aromatic N) is 6. The fourth-order valence-electron chi connectivity index (χ4n) is 3.94. The summed E-state index contributed by atoms with van der Waals surface area (Å²) >= 11 is 0. The van der Waals surface area contributed by atoms with E-state index in [1.54, 1.807) is 0 Å². The minimum atomic E-state index is -2.33. The minimum Gasteiger partial charge on any atom is -0.448 e. The normalized spacial score (nSPS) is 17.4. The highest BCUT2D eigenvalue weighted by molar-refractivity contribution is 5.95. The lowest BCUT2D eigenvalue weighted by molar-refractivity contribution is 0.0987. The van der Waals surface area contributed by atoms with Crippen molar-refractivity contribution in [1.82, 2.24) is 29.9 Å². The SMILES string of the molecule is [2H]C([2H])([2H])n1cc(-c2ccc3nnc(CC(=O)c4coc(C5CCN(C)CC5)n4)cc3c2)cn1. The third kappa shape index (κ3) is 4.11. The molecule has 1 saturated heterocycles. The standard InChI is InChI=1S/C23H24N6O2/c1-28-7-5-15(6-8-28)23-25-21(14-31-23)22(30)11-19-10-17-9-16(3-4-20(17)27-26-19)18-12-24-29(2)13-18/h3-4,9-10,12-15H,5-8,11H2,1-2H3/i2D3. The van der Waals surface area contributed by atoms with Crippen LogP contribution in [0.3, 0.4) is 0 Å². The van der Waals surface area contributed by atoms with Crippen LogP contribution in [0.15, 0.2) is 47.3 Å². The molecular formula is C23H24N6O2. The highest BCUT2D eigenvalue weighted by Crippen LogP contribution is 2.27. The Labute approximate surface area is 184 Å². The summed E-state index contributed by atoms with van der Waals surface area (Å²) in [6.07, 6.45) is 6.43. The molecule has 3 aromatic heterocycles. The van der Waals surface area contributed by atoms with E-state index in [0.29, 0.717) is 28.4 Å². The highest BCUT2D eigenvalue weighted by Gasteiger charge is 2.24. The van der Waals surface area contributed by atoms with E-state index >= 15 is 0 Å². The van der Waals surface area contributed by atoms with Crippen LogP contribution in [0.25, 0.3) is 22.0 Å². The van der Waals surface area contributed by atoms with Crippen molar-refractivity contribution in [3.8, 4) is 11.1 Å². The number of carbonyl (C=O) groups is 1. The molecule has 0 bridgehead atoms. The Morgan fingerprint density at radius 2 is 2.10 bits per heavy atom. The fourth-order valence-corrected chi connectivity index (χ4v) is 3.94. The monoisotopic (exact) mass is 419 g/mol. The largest absolute Gasteiger partial charge is 0.448 e. The molecule has 0 amide bonds. The van der Waals surface area contributed by atoms with E-state index in [9.17, 15) is 4.79 Å². The van der Waals surface area contributed by atoms with Gasteiger partial charge in [0.1, 0.15) is 12.0 Å². The summed E-state index contributed by atoms with van der Waals surface area (Å²) in [5, 5.41) is 13.2. The van der Waals surface area contributed by atoms with Gasteiger partial charge in [-0.1, -0.05) is 6.07 Å². The first-order valence-corrected chi connectivity index (χ1v) is 10.3. The summed E-state index contributed by atoms with van der Waals surface area (Å²) in [7, 11) is 2.10. The molecule has 4 heterocycles. The summed E-state index contributed by atoms with van der Waals surface area (Å²) in [6.45, 7) is -0.355. The number of ketones is 1. The molecule has 31 heavy (non-hydrogen) atoms. The maximum Gasteiger partial charge on any atom is 0.197 e. The summed E-state index contributed by atoms with van der Waals surface area (Å²) in [4.78, 5) is 19.5. The van der Waals surface area contributed by atoms with Crippen molar-refractivity contribution in [1.29, 1.82) is 0 Å². The summed E-state index contributed by atoms with van der Waals surface area (Å²) in [5.74, 6) is 0.696. The molecule has 0 aliphatic carbocycles. The number of likely N-dealkylation sites (tertiary alicyclic amines) is 1. The van der Waals surface area contributed by atoms with Gasteiger partial charge in [0.25, 0.3) is 0 Å². The lowest BCUT2D eigenvalue weighted by Gasteiger charge is -2.26. The predicted octanol–water partition coefficient (Wildman–Crippen LogP) is 3.25. The van der Waals surface area contributed by atoms with E-state index in [0.717, 1.165) is 41.6 Å². The maximum absolute atomic E-state index is 12.8. The van der Waals surface area contributed by atoms with Gasteiger partial charge in [0.15, 0.2) is 11.7 Å². The molecule has 4 aromatic rings. The zero-order chi connectivity index (χ0) is 23.9. The minimum absolute atomic E-state index is 0.0591. The number of Topliss-reactive ketones (excluding diaryl/α,β-unsaturated/α-hetero) is 1. The van der Waals surface area contributed by atoms with Crippen LogP contribution < -0.4 is 0 Å². The predicted molar refractivity (Wildman–Crippen MR) is 116 cm³/mol. The molecule has 1 aliphatic heterocycles. The van der Waals surface area contributed by atoms with Crippen LogP contribution >= 0.6 is 0 Å². The van der Waals surface area contributed by atoms with Gasteiger partial charge in [0.05, 0.1) is 23.8 Å². The molecule has 158 valence electrons. The number of benzene rings is 1. The van der Waals surface area contributed by atoms with Gasteiger partial charge in [-0.15, -0.1) is 0 Å². The molecule has 0 spiro atoms. The average molecular weight is 420 g/mol. The lowest BCUT2D eigenvalue weighted by Crippen LogP contribution is -2.29. The van der Waals surface area contributed by atoms with Crippen molar-refractivity contribution >= 4 is 16.7 Å². The second kappa shape index (κ2) is 8.03. The van der Waals surface area contributed by atoms with Gasteiger partial charge in [-0.05, 0) is 56.7 Å². The van der Waals surface area contributed by atoms with E-state index in [1.807, 2.05) is 24.3 Å². The Morgan fingerprint density at radius 1 is 1.23 bits per heavy atom. The Bertz CT molecular complexity index is 1340. The smallest absolute Gasteiger partial charge is 0.197 e. The Kier molecular flexibility index (Phi) is 4.23. The number of carbonyl (C=O) groups excluding carboxylic acids is 1. The Hall–Kier alpha value is -3.39. The number of hydrogen-bond acceptors (Lipinski definition) is 7. The zero-order valence-electron chi connectivity index (χ0n) is 20.2. The molecule has 1 fully saturated rings. The second-order valence-electron chi connectivity index (χ2n) is 8.03. The first-order valence-electron chi connectivity index (χ1n) is 11.8. The van der Waals surface area contributed by atoms with Gasteiger partial charge in [-0.3, -0.25) is 9.48 Å². The van der Waals surface area contributed by atoms with Crippen LogP contribution in [-0.2, 0) is 13.4 Å². The van der Waals surface area contributed by atoms with E-state index in [4.69, 9.17) is 8.53 Å². The topological polar surface area (TPSA) is 89.9 Å². The molecule has 8 nitrogen and oxygen atoms in total. The number of hydrogen-bond donors (Lipinski definition) is 0. The number of aryl methyl sites for hydroxylation is 1. The molecule has 0 N–H and O–H groups in total. The Morgan fingerprint density at radius 3 is 2.90 bits per heavy atom. The maximum atomic E-state index is 12.8. The molecular weight excluding hydrogens is 392 g/mol. The lowest BCUT2D eigenvalue weighted by atomic mass is 9.97. The van der Waals surface area contributed by atoms with Crippen molar-refractivity contribution in [3.63, 3.8) is 0 Å². The first-order chi connectivity index (χ1) is 16.3. The molecule has 0 atom stereocenters. The van der Waals surface area contributed by atoms with Crippen molar-refractivity contribution in [2.45, 2.75) is 25.2 Å². The van der Waals surface area contributed by atoms with E-state index in [2.05, 4.69) is 32.2 Å². The summed E-state index contributed by atoms with van der Waals surface area (Å²) in [5.41, 5.74) is 2.98. The third-order valence-corrected chi connectivity index (χ3v) is 5.77. The average Bonchev–Trinajstić information content (AvgIpc) is 3.49. The van der Waals surface area contributed by atoms with Crippen molar-refractivity contribution < 1.29 is 13.3 Å². The van der Waals surface area contributed by atoms with Crippen molar-refractivity contribution in [3.05, 3.63) is 60.2 Å². The molecule has 1 aromatic carbocycles. The van der Waals surface area contributed by atoms with Gasteiger partial charge >= 0.3 is 0 Å². The molecule has 0 unspecified atom stereocenters. The number of rotatable bonds is 5. The van der Waals surface area contributed by atoms with Gasteiger partial charge in [0, 0.05) is 34.2 Å². The van der Waals surface area contributed by atoms with Gasteiger partial charge in [-0.25, -0.2) is 4.98 Å². The third-order valence-electron chi connectivity index (χ3n) is 5.77. The Balaban J connectivity index is 1.33. The molecule has 8 heteroatoms. The van der Waals surface area contributed by atoms with Crippen LogP contribution in [0.1, 0.15) is 44.9 Å². The molecule has 0 saturated carbocycles. The number of oxazole rings is 1. The zero-order valence-corrected chi connectivity index (χ0v) is 17.2. The van der Waals surface area contributed by atoms with E-state index < -0.39 is 6.98 Å². The molecule has 1 aliphatic rings. The fraction of sp³-hybridized carbons (Fsp3) is 0.348. The molecule has 0 radical (unpaired) electrons. The highest BCUT2D eigenvalue weighted by atomic mass is 16.3. The molecule has 5 rings (SSSR count). The van der Waals surface area contributed by atoms with Crippen molar-refractivity contribution in [2.75, 3.05) is 20.1 Å². The van der Waals surface area contributed by atoms with Gasteiger partial charge in [-0.2, -0.15) is 15.3 Å². The van der Waals surface area contributed by atoms with Crippen LogP contribution in [0, 0.1) is 0 Å². The first kappa shape index (κ1) is 16.3. The van der Waals surface area contributed by atoms with Gasteiger partial charge < -0.3 is 9.32 Å². The van der Waals surface area contributed by atoms with Crippen LogP contribution in [0.4, 0.5) is 0 Å². The van der Waals surface area contributed by atoms with E-state index in [-0.39, 0.29) is 18.1 Å². The second-order valence-corrected chi connectivity index (χ2v) is 8.03. The number of fused-ring (bicyclic) bond motifs is 1. The van der Waals surface area contributed by atoms with E-state index in [1.165, 1.54) is 18.7 Å². The van der Waals surface area contributed by atoms with Crippen molar-refractivity contribution in [2.24, 2.45) is 6.98 Å². The van der Waals surface area contributed by atoms with Crippen LogP contribution in [0.5, 0.6) is 0 Å². The number of piperidine rings is 1. The van der Waals surface area contributed by atoms with Crippen LogP contribution in [-0.4, -0.2) is 55.8 Å².